The number of unbranched alkanes of at least 4 members (excludes halogenated alkanes) is 3. The molecule has 0 aliphatic carbocycles. The first-order valence-electron chi connectivity index (χ1n) is 4.78. The SMILES string of the molecule is CCCC[CH]C(Br)CCCC. The van der Waals surface area contributed by atoms with E-state index in [0.29, 0.717) is 4.83 Å². The second kappa shape index (κ2) is 8.58. The van der Waals surface area contributed by atoms with E-state index in [1.54, 1.807) is 0 Å². The van der Waals surface area contributed by atoms with Gasteiger partial charge in [-0.25, -0.2) is 0 Å². The normalized spacial score (nSPS) is 13.4. The second-order valence-electron chi connectivity index (χ2n) is 3.04. The lowest BCUT2D eigenvalue weighted by Crippen LogP contribution is -1.97. The lowest BCUT2D eigenvalue weighted by Gasteiger charge is -2.06. The van der Waals surface area contributed by atoms with Crippen molar-refractivity contribution in [1.82, 2.24) is 0 Å². The number of alkyl halides is 1. The molecule has 1 atom stereocenters. The molecule has 11 heavy (non-hydrogen) atoms. The molecule has 0 aromatic rings. The van der Waals surface area contributed by atoms with Gasteiger partial charge in [-0.3, -0.25) is 0 Å². The molecule has 0 aromatic heterocycles. The Morgan fingerprint density at radius 1 is 1.18 bits per heavy atom. The molecule has 0 aromatic carbocycles. The van der Waals surface area contributed by atoms with Crippen LogP contribution in [0.3, 0.4) is 0 Å². The van der Waals surface area contributed by atoms with E-state index in [1.807, 2.05) is 0 Å². The fraction of sp³-hybridized carbons (Fsp3) is 0.900. The van der Waals surface area contributed by atoms with Crippen LogP contribution in [-0.4, -0.2) is 4.83 Å². The predicted octanol–water partition coefficient (Wildman–Crippen LogP) is 4.33. The van der Waals surface area contributed by atoms with E-state index in [-0.39, 0.29) is 0 Å². The molecule has 0 saturated carbocycles. The summed E-state index contributed by atoms with van der Waals surface area (Å²) >= 11 is 3.65. The third kappa shape index (κ3) is 8.39. The Balaban J connectivity index is 3.02. The average molecular weight is 220 g/mol. The Bertz CT molecular complexity index is 71.3. The first kappa shape index (κ1) is 11.5. The van der Waals surface area contributed by atoms with Gasteiger partial charge in [-0.05, 0) is 19.3 Å². The Hall–Kier alpha value is 0.480. The molecule has 0 fully saturated rings. The molecule has 0 aliphatic heterocycles. The summed E-state index contributed by atoms with van der Waals surface area (Å²) in [7, 11) is 0. The second-order valence-corrected chi connectivity index (χ2v) is 4.21. The molecule has 1 unspecified atom stereocenters. The van der Waals surface area contributed by atoms with Gasteiger partial charge in [-0.15, -0.1) is 0 Å². The summed E-state index contributed by atoms with van der Waals surface area (Å²) in [6.45, 7) is 4.48. The summed E-state index contributed by atoms with van der Waals surface area (Å²) in [4.78, 5) is 0.661. The highest BCUT2D eigenvalue weighted by atomic mass is 79.9. The van der Waals surface area contributed by atoms with Gasteiger partial charge in [-0.2, -0.15) is 0 Å². The molecule has 0 nitrogen and oxygen atoms in total. The summed E-state index contributed by atoms with van der Waals surface area (Å²) in [5, 5.41) is 0. The van der Waals surface area contributed by atoms with Gasteiger partial charge in [0.25, 0.3) is 0 Å². The van der Waals surface area contributed by atoms with E-state index < -0.39 is 0 Å². The third-order valence-electron chi connectivity index (χ3n) is 1.81. The Labute approximate surface area is 79.9 Å². The van der Waals surface area contributed by atoms with Crippen LogP contribution < -0.4 is 0 Å². The van der Waals surface area contributed by atoms with Crippen LogP contribution in [-0.2, 0) is 0 Å². The molecular formula is C10H20Br. The lowest BCUT2D eigenvalue weighted by molar-refractivity contribution is 0.688. The van der Waals surface area contributed by atoms with Crippen LogP contribution in [0.25, 0.3) is 0 Å². The van der Waals surface area contributed by atoms with Crippen LogP contribution in [0, 0.1) is 6.42 Å². The van der Waals surface area contributed by atoms with Crippen LogP contribution in [0.15, 0.2) is 0 Å². The number of hydrogen-bond acceptors (Lipinski definition) is 0. The molecule has 0 bridgehead atoms. The first-order valence-corrected chi connectivity index (χ1v) is 5.70. The molecule has 1 heteroatoms. The standard InChI is InChI=1S/C10H20Br/c1-3-5-7-9-10(11)8-6-4-2/h9-10H,3-8H2,1-2H3. The maximum atomic E-state index is 3.65. The van der Waals surface area contributed by atoms with Crippen LogP contribution in [0.2, 0.25) is 0 Å². The van der Waals surface area contributed by atoms with Crippen molar-refractivity contribution >= 4 is 15.9 Å². The lowest BCUT2D eigenvalue weighted by atomic mass is 10.1. The molecule has 0 rings (SSSR count). The van der Waals surface area contributed by atoms with Gasteiger partial charge in [0.15, 0.2) is 0 Å². The highest BCUT2D eigenvalue weighted by Gasteiger charge is 2.01. The van der Waals surface area contributed by atoms with Gasteiger partial charge < -0.3 is 0 Å². The molecular weight excluding hydrogens is 200 g/mol. The summed E-state index contributed by atoms with van der Waals surface area (Å²) in [6, 6.07) is 0. The van der Waals surface area contributed by atoms with Crippen molar-refractivity contribution in [2.75, 3.05) is 0 Å². The van der Waals surface area contributed by atoms with E-state index in [0.717, 1.165) is 0 Å². The van der Waals surface area contributed by atoms with Gasteiger partial charge in [0, 0.05) is 4.83 Å². The van der Waals surface area contributed by atoms with Gasteiger partial charge in [0.05, 0.1) is 0 Å². The number of halogens is 1. The monoisotopic (exact) mass is 219 g/mol. The van der Waals surface area contributed by atoms with Gasteiger partial charge >= 0.3 is 0 Å². The molecule has 0 spiro atoms. The molecule has 0 amide bonds. The molecule has 1 radical (unpaired) electrons. The van der Waals surface area contributed by atoms with E-state index >= 15 is 0 Å². The largest absolute Gasteiger partial charge is 0.0888 e. The summed E-state index contributed by atoms with van der Waals surface area (Å²) < 4.78 is 0. The highest BCUT2D eigenvalue weighted by Crippen LogP contribution is 2.15. The maximum Gasteiger partial charge on any atom is 0.0177 e. The fourth-order valence-corrected chi connectivity index (χ4v) is 1.61. The maximum absolute atomic E-state index is 3.65. The quantitative estimate of drug-likeness (QED) is 0.442. The van der Waals surface area contributed by atoms with Crippen LogP contribution >= 0.6 is 15.9 Å². The molecule has 67 valence electrons. The topological polar surface area (TPSA) is 0 Å². The van der Waals surface area contributed by atoms with E-state index in [1.165, 1.54) is 38.5 Å². The van der Waals surface area contributed by atoms with E-state index in [2.05, 4.69) is 36.2 Å². The van der Waals surface area contributed by atoms with Crippen molar-refractivity contribution in [3.8, 4) is 0 Å². The van der Waals surface area contributed by atoms with Crippen molar-refractivity contribution in [3.05, 3.63) is 6.42 Å². The zero-order valence-electron chi connectivity index (χ0n) is 7.78. The number of rotatable bonds is 7. The predicted molar refractivity (Wildman–Crippen MR) is 56.1 cm³/mol. The molecule has 0 heterocycles. The van der Waals surface area contributed by atoms with Crippen molar-refractivity contribution in [2.45, 2.75) is 57.2 Å². The Morgan fingerprint density at radius 3 is 2.36 bits per heavy atom. The minimum atomic E-state index is 0.661. The van der Waals surface area contributed by atoms with Crippen molar-refractivity contribution < 1.29 is 0 Å². The molecule has 0 aliphatic rings. The van der Waals surface area contributed by atoms with Crippen LogP contribution in [0.5, 0.6) is 0 Å². The van der Waals surface area contributed by atoms with Crippen molar-refractivity contribution in [3.63, 3.8) is 0 Å². The fourth-order valence-electron chi connectivity index (χ4n) is 1.02. The van der Waals surface area contributed by atoms with Gasteiger partial charge in [0.2, 0.25) is 0 Å². The summed E-state index contributed by atoms with van der Waals surface area (Å²) in [5.41, 5.74) is 0. The van der Waals surface area contributed by atoms with Crippen LogP contribution in [0.1, 0.15) is 52.4 Å². The zero-order valence-corrected chi connectivity index (χ0v) is 9.36. The van der Waals surface area contributed by atoms with E-state index in [4.69, 9.17) is 0 Å². The van der Waals surface area contributed by atoms with Gasteiger partial charge in [0.1, 0.15) is 0 Å². The number of hydrogen-bond donors (Lipinski definition) is 0. The smallest absolute Gasteiger partial charge is 0.0177 e. The summed E-state index contributed by atoms with van der Waals surface area (Å²) in [6.07, 6.45) is 10.3. The minimum absolute atomic E-state index is 0.661. The molecule has 0 saturated heterocycles. The van der Waals surface area contributed by atoms with Gasteiger partial charge in [-0.1, -0.05) is 55.5 Å². The highest BCUT2D eigenvalue weighted by molar-refractivity contribution is 9.09. The minimum Gasteiger partial charge on any atom is -0.0888 e. The Kier molecular flexibility index (Phi) is 8.95. The average Bonchev–Trinajstić information content (AvgIpc) is 2.01. The zero-order chi connectivity index (χ0) is 8.53. The molecule has 0 N–H and O–H groups in total. The third-order valence-corrected chi connectivity index (χ3v) is 2.65. The van der Waals surface area contributed by atoms with Crippen molar-refractivity contribution in [1.29, 1.82) is 0 Å². The first-order chi connectivity index (χ1) is 5.31. The Morgan fingerprint density at radius 2 is 1.82 bits per heavy atom. The van der Waals surface area contributed by atoms with Crippen LogP contribution in [0.4, 0.5) is 0 Å². The summed E-state index contributed by atoms with van der Waals surface area (Å²) in [5.74, 6) is 0. The van der Waals surface area contributed by atoms with Crippen molar-refractivity contribution in [2.24, 2.45) is 0 Å². The van der Waals surface area contributed by atoms with E-state index in [9.17, 15) is 0 Å².